The van der Waals surface area contributed by atoms with Crippen molar-refractivity contribution in [2.24, 2.45) is 0 Å². The van der Waals surface area contributed by atoms with E-state index in [0.717, 1.165) is 44.3 Å². The predicted octanol–water partition coefficient (Wildman–Crippen LogP) is 11.1. The maximum atomic E-state index is 9.80. The predicted molar refractivity (Wildman–Crippen MR) is 191 cm³/mol. The van der Waals surface area contributed by atoms with Crippen LogP contribution < -0.4 is 0 Å². The smallest absolute Gasteiger partial charge is 0.0991 e. The van der Waals surface area contributed by atoms with Crippen LogP contribution in [0.15, 0.2) is 164 Å². The number of fused-ring (bicyclic) bond motifs is 6. The summed E-state index contributed by atoms with van der Waals surface area (Å²) >= 11 is 0. The minimum Gasteiger partial charge on any atom is -0.309 e. The van der Waals surface area contributed by atoms with E-state index in [1.807, 2.05) is 18.2 Å². The molecular formula is C43H27N3. The summed E-state index contributed by atoms with van der Waals surface area (Å²) in [6, 6.07) is 60.2. The van der Waals surface area contributed by atoms with E-state index in [4.69, 9.17) is 0 Å². The fraction of sp³-hybridized carbons (Fsp3) is 0. The standard InChI is InChI=1S/C43H27N3/c44-28-29-18-21-41-37(24-29)39-27-33(20-23-43(39)46(41)35-15-9-12-31(25-35)30-10-3-1-4-11-30)32-19-22-42-38(26-32)36-16-7-8-17-40(36)45(42)34-13-5-2-6-14-34/h1-27H. The van der Waals surface area contributed by atoms with Crippen molar-refractivity contribution in [3.05, 3.63) is 169 Å². The summed E-state index contributed by atoms with van der Waals surface area (Å²) in [7, 11) is 0. The van der Waals surface area contributed by atoms with E-state index in [9.17, 15) is 5.26 Å². The van der Waals surface area contributed by atoms with Crippen LogP contribution in [0.3, 0.4) is 0 Å². The van der Waals surface area contributed by atoms with Gasteiger partial charge < -0.3 is 9.13 Å². The lowest BCUT2D eigenvalue weighted by molar-refractivity contribution is 1.18. The van der Waals surface area contributed by atoms with Crippen molar-refractivity contribution in [1.82, 2.24) is 9.13 Å². The van der Waals surface area contributed by atoms with Crippen molar-refractivity contribution in [3.63, 3.8) is 0 Å². The van der Waals surface area contributed by atoms with Crippen molar-refractivity contribution in [1.29, 1.82) is 5.26 Å². The first-order valence-corrected chi connectivity index (χ1v) is 15.5. The van der Waals surface area contributed by atoms with Gasteiger partial charge in [0.25, 0.3) is 0 Å². The summed E-state index contributed by atoms with van der Waals surface area (Å²) in [5, 5.41) is 14.5. The Labute approximate surface area is 266 Å². The van der Waals surface area contributed by atoms with E-state index in [1.54, 1.807) is 0 Å². The third-order valence-corrected chi connectivity index (χ3v) is 9.13. The lowest BCUT2D eigenvalue weighted by atomic mass is 10.00. The summed E-state index contributed by atoms with van der Waals surface area (Å²) in [4.78, 5) is 0. The molecule has 0 spiro atoms. The Kier molecular flexibility index (Phi) is 5.88. The molecule has 9 rings (SSSR count). The second kappa shape index (κ2) is 10.4. The lowest BCUT2D eigenvalue weighted by Gasteiger charge is -2.11. The fourth-order valence-corrected chi connectivity index (χ4v) is 7.01. The number of hydrogen-bond donors (Lipinski definition) is 0. The van der Waals surface area contributed by atoms with Crippen molar-refractivity contribution in [2.45, 2.75) is 0 Å². The summed E-state index contributed by atoms with van der Waals surface area (Å²) in [6.07, 6.45) is 0. The largest absolute Gasteiger partial charge is 0.309 e. The minimum atomic E-state index is 0.658. The normalized spacial score (nSPS) is 11.5. The molecule has 0 fully saturated rings. The highest BCUT2D eigenvalue weighted by Crippen LogP contribution is 2.39. The molecule has 0 atom stereocenters. The quantitative estimate of drug-likeness (QED) is 0.202. The molecule has 2 aromatic heterocycles. The zero-order valence-corrected chi connectivity index (χ0v) is 24.9. The third-order valence-electron chi connectivity index (χ3n) is 9.13. The van der Waals surface area contributed by atoms with Gasteiger partial charge in [0, 0.05) is 32.9 Å². The molecule has 3 heteroatoms. The van der Waals surface area contributed by atoms with Gasteiger partial charge in [-0.25, -0.2) is 0 Å². The molecule has 0 saturated heterocycles. The van der Waals surface area contributed by atoms with Gasteiger partial charge in [-0.1, -0.05) is 91.0 Å². The molecule has 9 aromatic rings. The van der Waals surface area contributed by atoms with Crippen molar-refractivity contribution < 1.29 is 0 Å². The Morgan fingerprint density at radius 3 is 1.57 bits per heavy atom. The molecule has 0 amide bonds. The molecule has 0 N–H and O–H groups in total. The number of benzene rings is 7. The average molecular weight is 586 g/mol. The summed E-state index contributed by atoms with van der Waals surface area (Å²) in [5.74, 6) is 0. The van der Waals surface area contributed by atoms with Gasteiger partial charge >= 0.3 is 0 Å². The Morgan fingerprint density at radius 1 is 0.348 bits per heavy atom. The van der Waals surface area contributed by atoms with Crippen LogP contribution in [0, 0.1) is 11.3 Å². The van der Waals surface area contributed by atoms with Crippen LogP contribution >= 0.6 is 0 Å². The average Bonchev–Trinajstić information content (AvgIpc) is 3.64. The van der Waals surface area contributed by atoms with E-state index in [1.165, 1.54) is 32.9 Å². The first kappa shape index (κ1) is 26.1. The SMILES string of the molecule is N#Cc1ccc2c(c1)c1cc(-c3ccc4c(c3)c3ccccc3n4-c3ccccc3)ccc1n2-c1cccc(-c2ccccc2)c1. The summed E-state index contributed by atoms with van der Waals surface area (Å²) < 4.78 is 4.66. The Bertz CT molecular complexity index is 2630. The Morgan fingerprint density at radius 2 is 0.848 bits per heavy atom. The van der Waals surface area contributed by atoms with Crippen LogP contribution in [0.5, 0.6) is 0 Å². The van der Waals surface area contributed by atoms with Gasteiger partial charge in [0.2, 0.25) is 0 Å². The number of rotatable bonds is 4. The molecule has 0 unspecified atom stereocenters. The second-order valence-corrected chi connectivity index (χ2v) is 11.7. The monoisotopic (exact) mass is 585 g/mol. The van der Waals surface area contributed by atoms with Gasteiger partial charge in [0.15, 0.2) is 0 Å². The molecule has 214 valence electrons. The molecule has 7 aromatic carbocycles. The Balaban J connectivity index is 1.25. The van der Waals surface area contributed by atoms with Crippen LogP contribution in [-0.4, -0.2) is 9.13 Å². The van der Waals surface area contributed by atoms with Gasteiger partial charge in [-0.2, -0.15) is 5.26 Å². The summed E-state index contributed by atoms with van der Waals surface area (Å²) in [5.41, 5.74) is 12.1. The maximum Gasteiger partial charge on any atom is 0.0991 e. The van der Waals surface area contributed by atoms with Crippen molar-refractivity contribution >= 4 is 43.6 Å². The molecule has 0 aliphatic rings. The van der Waals surface area contributed by atoms with E-state index in [-0.39, 0.29) is 0 Å². The molecule has 0 aliphatic heterocycles. The number of aromatic nitrogens is 2. The minimum absolute atomic E-state index is 0.658. The van der Waals surface area contributed by atoms with E-state index >= 15 is 0 Å². The second-order valence-electron chi connectivity index (χ2n) is 11.7. The molecule has 0 aliphatic carbocycles. The molecular weight excluding hydrogens is 558 g/mol. The van der Waals surface area contributed by atoms with Crippen LogP contribution in [0.1, 0.15) is 5.56 Å². The first-order chi connectivity index (χ1) is 22.8. The maximum absolute atomic E-state index is 9.80. The molecule has 3 nitrogen and oxygen atoms in total. The highest BCUT2D eigenvalue weighted by atomic mass is 15.0. The molecule has 2 heterocycles. The molecule has 0 bridgehead atoms. The van der Waals surface area contributed by atoms with Crippen molar-refractivity contribution in [3.8, 4) is 39.7 Å². The first-order valence-electron chi connectivity index (χ1n) is 15.5. The summed E-state index contributed by atoms with van der Waals surface area (Å²) in [6.45, 7) is 0. The highest BCUT2D eigenvalue weighted by molar-refractivity contribution is 6.13. The number of hydrogen-bond acceptors (Lipinski definition) is 1. The van der Waals surface area contributed by atoms with Crippen LogP contribution in [0.2, 0.25) is 0 Å². The van der Waals surface area contributed by atoms with Crippen LogP contribution in [0.4, 0.5) is 0 Å². The van der Waals surface area contributed by atoms with E-state index < -0.39 is 0 Å². The van der Waals surface area contributed by atoms with Gasteiger partial charge in [0.05, 0.1) is 33.7 Å². The molecule has 46 heavy (non-hydrogen) atoms. The van der Waals surface area contributed by atoms with Crippen LogP contribution in [0.25, 0.3) is 77.2 Å². The van der Waals surface area contributed by atoms with Gasteiger partial charge in [0.1, 0.15) is 0 Å². The van der Waals surface area contributed by atoms with Crippen LogP contribution in [-0.2, 0) is 0 Å². The van der Waals surface area contributed by atoms with Gasteiger partial charge in [-0.15, -0.1) is 0 Å². The lowest BCUT2D eigenvalue weighted by Crippen LogP contribution is -1.94. The topological polar surface area (TPSA) is 33.6 Å². The number of nitrogens with zero attached hydrogens (tertiary/aromatic N) is 3. The van der Waals surface area contributed by atoms with Gasteiger partial charge in [-0.3, -0.25) is 0 Å². The van der Waals surface area contributed by atoms with Crippen molar-refractivity contribution in [2.75, 3.05) is 0 Å². The number of para-hydroxylation sites is 2. The van der Waals surface area contributed by atoms with E-state index in [0.29, 0.717) is 5.56 Å². The number of nitriles is 1. The molecule has 0 saturated carbocycles. The third kappa shape index (κ3) is 4.05. The highest BCUT2D eigenvalue weighted by Gasteiger charge is 2.17. The fourth-order valence-electron chi connectivity index (χ4n) is 7.01. The Hall–Kier alpha value is -6.37. The van der Waals surface area contributed by atoms with Gasteiger partial charge in [-0.05, 0) is 95.1 Å². The van der Waals surface area contributed by atoms with E-state index in [2.05, 4.69) is 161 Å². The zero-order valence-electron chi connectivity index (χ0n) is 24.9. The zero-order chi connectivity index (χ0) is 30.6. The molecule has 0 radical (unpaired) electrons.